The molecule has 0 radical (unpaired) electrons. The highest BCUT2D eigenvalue weighted by Gasteiger charge is 2.20. The van der Waals surface area contributed by atoms with Crippen LogP contribution in [0.3, 0.4) is 0 Å². The number of aromatic nitrogens is 1. The lowest BCUT2D eigenvalue weighted by Crippen LogP contribution is -2.12. The molecule has 0 amide bonds. The Balaban J connectivity index is 1.90. The van der Waals surface area contributed by atoms with Gasteiger partial charge in [0.25, 0.3) is 5.69 Å². The predicted octanol–water partition coefficient (Wildman–Crippen LogP) is 8.53. The van der Waals surface area contributed by atoms with Crippen LogP contribution in [0.4, 0.5) is 5.69 Å². The van der Waals surface area contributed by atoms with Crippen molar-refractivity contribution < 1.29 is 14.6 Å². The van der Waals surface area contributed by atoms with Gasteiger partial charge in [-0.2, -0.15) is 0 Å². The van der Waals surface area contributed by atoms with Crippen LogP contribution in [0.25, 0.3) is 21.8 Å². The maximum atomic E-state index is 11.7. The summed E-state index contributed by atoms with van der Waals surface area (Å²) in [5.41, 5.74) is 5.33. The molecule has 7 heteroatoms. The first-order valence-electron chi connectivity index (χ1n) is 14.1. The van der Waals surface area contributed by atoms with Gasteiger partial charge in [0.05, 0.1) is 4.92 Å². The molecule has 4 rings (SSSR count). The number of carbonyl (C=O) groups excluding carboxylic acids is 1. The molecule has 7 nitrogen and oxygen atoms in total. The van der Waals surface area contributed by atoms with E-state index in [2.05, 4.69) is 62.5 Å². The number of benzene rings is 3. The Bertz CT molecular complexity index is 1560. The number of unbranched alkanes of at least 4 members (excludes halogenated alkanes) is 1. The van der Waals surface area contributed by atoms with Gasteiger partial charge in [-0.3, -0.25) is 10.1 Å². The molecule has 40 heavy (non-hydrogen) atoms. The zero-order valence-corrected chi connectivity index (χ0v) is 24.4. The Morgan fingerprint density at radius 3 is 2.17 bits per heavy atom. The number of rotatable bonds is 10. The Morgan fingerprint density at radius 2 is 1.60 bits per heavy atom. The summed E-state index contributed by atoms with van der Waals surface area (Å²) >= 11 is 0. The fraction of sp³-hybridized carbons (Fsp3) is 0.394. The van der Waals surface area contributed by atoms with Crippen molar-refractivity contribution in [3.05, 3.63) is 87.5 Å². The fourth-order valence-electron chi connectivity index (χ4n) is 5.24. The Morgan fingerprint density at radius 1 is 0.975 bits per heavy atom. The average molecular weight is 542 g/mol. The lowest BCUT2D eigenvalue weighted by atomic mass is 9.86. The smallest absolute Gasteiger partial charge is 0.332 e. The van der Waals surface area contributed by atoms with Crippen molar-refractivity contribution in [3.63, 3.8) is 0 Å². The molecule has 1 heterocycles. The summed E-state index contributed by atoms with van der Waals surface area (Å²) in [7, 11) is 0. The van der Waals surface area contributed by atoms with Crippen LogP contribution in [-0.2, 0) is 21.6 Å². The van der Waals surface area contributed by atoms with E-state index in [9.17, 15) is 14.9 Å². The highest BCUT2D eigenvalue weighted by atomic mass is 16.7. The third-order valence-corrected chi connectivity index (χ3v) is 7.61. The van der Waals surface area contributed by atoms with Crippen LogP contribution in [0.5, 0.6) is 0 Å². The third kappa shape index (κ3) is 6.24. The molecule has 0 aliphatic rings. The van der Waals surface area contributed by atoms with E-state index >= 15 is 0 Å². The van der Waals surface area contributed by atoms with Crippen LogP contribution in [0, 0.1) is 16.0 Å². The number of nitro benzene ring substituents is 1. The lowest BCUT2D eigenvalue weighted by Gasteiger charge is -2.19. The van der Waals surface area contributed by atoms with Crippen LogP contribution >= 0.6 is 0 Å². The van der Waals surface area contributed by atoms with Crippen molar-refractivity contribution >= 4 is 39.2 Å². The minimum atomic E-state index is -0.505. The lowest BCUT2D eigenvalue weighted by molar-refractivity contribution is -0.384. The maximum absolute atomic E-state index is 11.7. The molecule has 0 aliphatic heterocycles. The van der Waals surface area contributed by atoms with E-state index in [0.717, 1.165) is 58.7 Å². The van der Waals surface area contributed by atoms with Gasteiger partial charge in [-0.05, 0) is 41.5 Å². The number of nitrogens with zero attached hydrogens (tertiary/aromatic N) is 3. The van der Waals surface area contributed by atoms with Gasteiger partial charge in [-0.15, -0.1) is 0 Å². The molecule has 0 saturated carbocycles. The molecule has 0 saturated heterocycles. The van der Waals surface area contributed by atoms with Crippen molar-refractivity contribution in [1.29, 1.82) is 0 Å². The quantitative estimate of drug-likeness (QED) is 0.0871. The molecule has 0 aliphatic carbocycles. The van der Waals surface area contributed by atoms with E-state index in [1.807, 2.05) is 30.3 Å². The van der Waals surface area contributed by atoms with Crippen LogP contribution in [0.1, 0.15) is 83.9 Å². The number of hydrogen-bond acceptors (Lipinski definition) is 5. The number of oxime groups is 1. The van der Waals surface area contributed by atoms with Gasteiger partial charge in [-0.25, -0.2) is 4.79 Å². The molecule has 0 bridgehead atoms. The number of carbonyl (C=O) groups is 1. The Kier molecular flexibility index (Phi) is 8.72. The van der Waals surface area contributed by atoms with E-state index in [1.165, 1.54) is 18.9 Å². The normalized spacial score (nSPS) is 13.1. The third-order valence-electron chi connectivity index (χ3n) is 7.61. The maximum Gasteiger partial charge on any atom is 0.332 e. The van der Waals surface area contributed by atoms with E-state index in [0.29, 0.717) is 11.6 Å². The molecule has 4 aromatic rings. The van der Waals surface area contributed by atoms with E-state index in [4.69, 9.17) is 4.84 Å². The SMILES string of the molecule is CCCCC(CC)Cn1c2ccc(C(=NOC(C)=O)c3ccc(C(C)(C)C)cc3)cc2c2cc([N+](=O)[O-])ccc21. The molecule has 1 unspecified atom stereocenters. The molecule has 0 N–H and O–H groups in total. The topological polar surface area (TPSA) is 86.7 Å². The minimum Gasteiger partial charge on any atom is -0.340 e. The molecular weight excluding hydrogens is 502 g/mol. The summed E-state index contributed by atoms with van der Waals surface area (Å²) in [4.78, 5) is 28.1. The number of nitro groups is 1. The van der Waals surface area contributed by atoms with Gasteiger partial charge in [0.15, 0.2) is 0 Å². The van der Waals surface area contributed by atoms with Crippen LogP contribution in [0.15, 0.2) is 65.8 Å². The number of fused-ring (bicyclic) bond motifs is 3. The molecular formula is C33H39N3O4. The van der Waals surface area contributed by atoms with Gasteiger partial charge < -0.3 is 9.40 Å². The second-order valence-corrected chi connectivity index (χ2v) is 11.6. The van der Waals surface area contributed by atoms with Gasteiger partial charge in [0, 0.05) is 58.5 Å². The average Bonchev–Trinajstić information content (AvgIpc) is 3.22. The molecule has 0 spiro atoms. The van der Waals surface area contributed by atoms with Crippen LogP contribution in [-0.4, -0.2) is 21.2 Å². The Hall–Kier alpha value is -4.00. The van der Waals surface area contributed by atoms with Crippen molar-refractivity contribution in [1.82, 2.24) is 4.57 Å². The summed E-state index contributed by atoms with van der Waals surface area (Å²) in [5, 5.41) is 17.6. The molecule has 3 aromatic carbocycles. The van der Waals surface area contributed by atoms with E-state index in [-0.39, 0.29) is 16.0 Å². The number of hydrogen-bond donors (Lipinski definition) is 0. The molecule has 0 fully saturated rings. The van der Waals surface area contributed by atoms with Crippen molar-refractivity contribution in [2.45, 2.75) is 79.2 Å². The van der Waals surface area contributed by atoms with Gasteiger partial charge in [0.1, 0.15) is 5.71 Å². The van der Waals surface area contributed by atoms with E-state index in [1.54, 1.807) is 12.1 Å². The van der Waals surface area contributed by atoms with Crippen molar-refractivity contribution in [2.75, 3.05) is 0 Å². The Labute approximate surface area is 236 Å². The second-order valence-electron chi connectivity index (χ2n) is 11.6. The predicted molar refractivity (Wildman–Crippen MR) is 162 cm³/mol. The fourth-order valence-corrected chi connectivity index (χ4v) is 5.24. The van der Waals surface area contributed by atoms with Gasteiger partial charge >= 0.3 is 5.97 Å². The standard InChI is InChI=1S/C33H39N3O4/c1-7-9-10-23(8-2)21-35-30-17-13-25(19-28(30)29-20-27(36(38)39)16-18-31(29)35)32(34-40-22(3)37)24-11-14-26(15-12-24)33(4,5)6/h11-20,23H,7-10,21H2,1-6H3. The summed E-state index contributed by atoms with van der Waals surface area (Å²) < 4.78 is 2.29. The summed E-state index contributed by atoms with van der Waals surface area (Å²) in [5.74, 6) is 0.00541. The van der Waals surface area contributed by atoms with Gasteiger partial charge in [0.2, 0.25) is 0 Å². The molecule has 1 aromatic heterocycles. The summed E-state index contributed by atoms with van der Waals surface area (Å²) in [6.07, 6.45) is 4.54. The minimum absolute atomic E-state index is 0.00530. The zero-order chi connectivity index (χ0) is 29.0. The summed E-state index contributed by atoms with van der Waals surface area (Å²) in [6.45, 7) is 13.1. The second kappa shape index (κ2) is 12.0. The molecule has 210 valence electrons. The molecule has 1 atom stereocenters. The van der Waals surface area contributed by atoms with Crippen molar-refractivity contribution in [2.24, 2.45) is 11.1 Å². The first-order chi connectivity index (χ1) is 19.0. The first kappa shape index (κ1) is 29.0. The highest BCUT2D eigenvalue weighted by molar-refractivity contribution is 6.17. The van der Waals surface area contributed by atoms with Crippen LogP contribution in [0.2, 0.25) is 0 Å². The monoisotopic (exact) mass is 541 g/mol. The number of non-ortho nitro benzene ring substituents is 1. The van der Waals surface area contributed by atoms with Crippen molar-refractivity contribution in [3.8, 4) is 0 Å². The largest absolute Gasteiger partial charge is 0.340 e. The first-order valence-corrected chi connectivity index (χ1v) is 14.1. The zero-order valence-electron chi connectivity index (χ0n) is 24.4. The summed E-state index contributed by atoms with van der Waals surface area (Å²) in [6, 6.07) is 19.2. The highest BCUT2D eigenvalue weighted by Crippen LogP contribution is 2.34. The van der Waals surface area contributed by atoms with Gasteiger partial charge in [-0.1, -0.05) is 89.4 Å². The van der Waals surface area contributed by atoms with Crippen LogP contribution < -0.4 is 0 Å². The van der Waals surface area contributed by atoms with E-state index < -0.39 is 5.97 Å².